The van der Waals surface area contributed by atoms with Crippen molar-refractivity contribution in [1.29, 1.82) is 0 Å². The summed E-state index contributed by atoms with van der Waals surface area (Å²) < 4.78 is 13.1. The van der Waals surface area contributed by atoms with Crippen LogP contribution in [0.3, 0.4) is 0 Å². The van der Waals surface area contributed by atoms with E-state index in [0.29, 0.717) is 0 Å². The third-order valence-electron chi connectivity index (χ3n) is 2.94. The van der Waals surface area contributed by atoms with Gasteiger partial charge in [0.15, 0.2) is 0 Å². The summed E-state index contributed by atoms with van der Waals surface area (Å²) in [6.45, 7) is 1.92. The van der Waals surface area contributed by atoms with Crippen molar-refractivity contribution in [3.8, 4) is 0 Å². The van der Waals surface area contributed by atoms with Gasteiger partial charge in [-0.05, 0) is 61.8 Å². The second-order valence-electron chi connectivity index (χ2n) is 4.53. The van der Waals surface area contributed by atoms with Gasteiger partial charge in [0.05, 0.1) is 0 Å². The maximum absolute atomic E-state index is 13.1. The Kier molecular flexibility index (Phi) is 3.30. The molecule has 1 unspecified atom stereocenters. The third-order valence-corrected chi connectivity index (χ3v) is 3.52. The maximum atomic E-state index is 13.1. The quantitative estimate of drug-likeness (QED) is 0.679. The lowest BCUT2D eigenvalue weighted by Gasteiger charge is -2.08. The smallest absolute Gasteiger partial charge is 0.123 e. The zero-order chi connectivity index (χ0) is 10.8. The minimum absolute atomic E-state index is 0.137. The Balaban J connectivity index is 1.91. The SMILES string of the molecule is Cc1cc(F)cc(CCC(Cl)C2CC2)c1. The molecule has 0 bridgehead atoms. The molecule has 2 heteroatoms. The fourth-order valence-corrected chi connectivity index (χ4v) is 2.32. The molecule has 1 aromatic rings. The van der Waals surface area contributed by atoms with E-state index in [4.69, 9.17) is 11.6 Å². The first-order valence-corrected chi connectivity index (χ1v) is 5.99. The summed E-state index contributed by atoms with van der Waals surface area (Å²) in [5.74, 6) is 0.587. The minimum Gasteiger partial charge on any atom is -0.207 e. The molecule has 1 aliphatic rings. The minimum atomic E-state index is -0.137. The first-order chi connectivity index (χ1) is 7.15. The lowest BCUT2D eigenvalue weighted by molar-refractivity contribution is 0.620. The van der Waals surface area contributed by atoms with Gasteiger partial charge < -0.3 is 0 Å². The van der Waals surface area contributed by atoms with Crippen LogP contribution in [0.25, 0.3) is 0 Å². The highest BCUT2D eigenvalue weighted by molar-refractivity contribution is 6.20. The van der Waals surface area contributed by atoms with Crippen molar-refractivity contribution in [3.63, 3.8) is 0 Å². The van der Waals surface area contributed by atoms with Gasteiger partial charge in [0, 0.05) is 5.38 Å². The van der Waals surface area contributed by atoms with Gasteiger partial charge in [-0.3, -0.25) is 0 Å². The normalized spacial score (nSPS) is 17.8. The van der Waals surface area contributed by atoms with Gasteiger partial charge >= 0.3 is 0 Å². The van der Waals surface area contributed by atoms with Gasteiger partial charge in [0.2, 0.25) is 0 Å². The molecule has 0 aromatic heterocycles. The number of alkyl halides is 1. The van der Waals surface area contributed by atoms with E-state index < -0.39 is 0 Å². The summed E-state index contributed by atoms with van der Waals surface area (Å²) >= 11 is 6.21. The molecule has 0 nitrogen and oxygen atoms in total. The van der Waals surface area contributed by atoms with E-state index in [1.807, 2.05) is 13.0 Å². The van der Waals surface area contributed by atoms with Gasteiger partial charge in [0.1, 0.15) is 5.82 Å². The molecule has 0 amide bonds. The highest BCUT2D eigenvalue weighted by Crippen LogP contribution is 2.37. The predicted molar refractivity (Wildman–Crippen MR) is 61.8 cm³/mol. The van der Waals surface area contributed by atoms with Crippen LogP contribution in [0.2, 0.25) is 0 Å². The van der Waals surface area contributed by atoms with Crippen LogP contribution in [-0.2, 0) is 6.42 Å². The van der Waals surface area contributed by atoms with Gasteiger partial charge in [0.25, 0.3) is 0 Å². The van der Waals surface area contributed by atoms with E-state index in [0.717, 1.165) is 29.9 Å². The Bertz CT molecular complexity index is 324. The summed E-state index contributed by atoms with van der Waals surface area (Å²) in [6.07, 6.45) is 4.41. The average Bonchev–Trinajstić information content (AvgIpc) is 2.95. The molecule has 1 aromatic carbocycles. The van der Waals surface area contributed by atoms with Crippen LogP contribution in [0, 0.1) is 18.7 Å². The fraction of sp³-hybridized carbons (Fsp3) is 0.538. The number of benzene rings is 1. The Morgan fingerprint density at radius 1 is 1.40 bits per heavy atom. The van der Waals surface area contributed by atoms with Crippen molar-refractivity contribution >= 4 is 11.6 Å². The molecule has 0 spiro atoms. The zero-order valence-electron chi connectivity index (χ0n) is 8.97. The molecule has 1 aliphatic carbocycles. The molecule has 82 valence electrons. The molecular formula is C13H16ClF. The predicted octanol–water partition coefficient (Wildman–Crippen LogP) is 4.08. The largest absolute Gasteiger partial charge is 0.207 e. The monoisotopic (exact) mass is 226 g/mol. The van der Waals surface area contributed by atoms with Crippen LogP contribution in [0.4, 0.5) is 4.39 Å². The number of hydrogen-bond donors (Lipinski definition) is 0. The molecule has 1 fully saturated rings. The number of hydrogen-bond acceptors (Lipinski definition) is 0. The first kappa shape index (κ1) is 10.9. The topological polar surface area (TPSA) is 0 Å². The molecule has 2 rings (SSSR count). The van der Waals surface area contributed by atoms with E-state index in [2.05, 4.69) is 0 Å². The molecule has 0 N–H and O–H groups in total. The van der Waals surface area contributed by atoms with Crippen molar-refractivity contribution in [2.75, 3.05) is 0 Å². The van der Waals surface area contributed by atoms with Crippen LogP contribution in [0.1, 0.15) is 30.4 Å². The Morgan fingerprint density at radius 2 is 2.13 bits per heavy atom. The van der Waals surface area contributed by atoms with Crippen LogP contribution in [0.5, 0.6) is 0 Å². The molecule has 15 heavy (non-hydrogen) atoms. The average molecular weight is 227 g/mol. The molecule has 0 saturated heterocycles. The van der Waals surface area contributed by atoms with Gasteiger partial charge in [-0.15, -0.1) is 11.6 Å². The Labute approximate surface area is 95.4 Å². The Hall–Kier alpha value is -0.560. The molecule has 0 aliphatic heterocycles. The van der Waals surface area contributed by atoms with Gasteiger partial charge in [-0.1, -0.05) is 6.07 Å². The van der Waals surface area contributed by atoms with E-state index in [-0.39, 0.29) is 11.2 Å². The lowest BCUT2D eigenvalue weighted by Crippen LogP contribution is -2.03. The summed E-state index contributed by atoms with van der Waals surface area (Å²) in [4.78, 5) is 0. The van der Waals surface area contributed by atoms with Crippen LogP contribution in [0.15, 0.2) is 18.2 Å². The Morgan fingerprint density at radius 3 is 2.73 bits per heavy atom. The maximum Gasteiger partial charge on any atom is 0.123 e. The first-order valence-electron chi connectivity index (χ1n) is 5.55. The summed E-state index contributed by atoms with van der Waals surface area (Å²) in [5, 5.41) is 0.286. The number of halogens is 2. The van der Waals surface area contributed by atoms with Crippen molar-refractivity contribution in [2.24, 2.45) is 5.92 Å². The third kappa shape index (κ3) is 3.20. The molecule has 1 atom stereocenters. The van der Waals surface area contributed by atoms with Gasteiger partial charge in [-0.2, -0.15) is 0 Å². The zero-order valence-corrected chi connectivity index (χ0v) is 9.73. The van der Waals surface area contributed by atoms with E-state index >= 15 is 0 Å². The molecule has 0 heterocycles. The highest BCUT2D eigenvalue weighted by atomic mass is 35.5. The van der Waals surface area contributed by atoms with Crippen molar-refractivity contribution in [3.05, 3.63) is 35.1 Å². The number of rotatable bonds is 4. The number of aryl methyl sites for hydroxylation is 2. The lowest BCUT2D eigenvalue weighted by atomic mass is 10.0. The summed E-state index contributed by atoms with van der Waals surface area (Å²) in [7, 11) is 0. The van der Waals surface area contributed by atoms with E-state index in [1.54, 1.807) is 12.1 Å². The van der Waals surface area contributed by atoms with Crippen molar-refractivity contribution in [1.82, 2.24) is 0 Å². The molecule has 1 saturated carbocycles. The van der Waals surface area contributed by atoms with Gasteiger partial charge in [-0.25, -0.2) is 4.39 Å². The van der Waals surface area contributed by atoms with Crippen molar-refractivity contribution in [2.45, 2.75) is 38.0 Å². The van der Waals surface area contributed by atoms with Crippen LogP contribution in [-0.4, -0.2) is 5.38 Å². The standard InChI is InChI=1S/C13H16ClF/c1-9-6-10(8-12(15)7-9)2-5-13(14)11-3-4-11/h6-8,11,13H,2-5H2,1H3. The summed E-state index contributed by atoms with van der Waals surface area (Å²) in [5.41, 5.74) is 2.06. The second kappa shape index (κ2) is 4.52. The fourth-order valence-electron chi connectivity index (χ4n) is 1.95. The molecular weight excluding hydrogens is 211 g/mol. The van der Waals surface area contributed by atoms with Crippen LogP contribution < -0.4 is 0 Å². The highest BCUT2D eigenvalue weighted by Gasteiger charge is 2.29. The summed E-state index contributed by atoms with van der Waals surface area (Å²) in [6, 6.07) is 5.21. The van der Waals surface area contributed by atoms with Crippen LogP contribution >= 0.6 is 11.6 Å². The second-order valence-corrected chi connectivity index (χ2v) is 5.09. The molecule has 0 radical (unpaired) electrons. The van der Waals surface area contributed by atoms with E-state index in [9.17, 15) is 4.39 Å². The van der Waals surface area contributed by atoms with E-state index in [1.165, 1.54) is 12.8 Å². The van der Waals surface area contributed by atoms with Crippen molar-refractivity contribution < 1.29 is 4.39 Å².